The molecule has 2 amide bonds. The molecular formula is C30H34Cl2N2O4. The SMILES string of the molecule is COC(=O)[C@@H]1NC(c2ccc(Cl)cc2)(c2ccc(Cl)cc2)[C@@H]2C(=O)N(C3CCC(C(C)(C)C)CC3)C(=O)[C@@H]21. The third-order valence-corrected chi connectivity index (χ3v) is 9.44. The summed E-state index contributed by atoms with van der Waals surface area (Å²) in [4.78, 5) is 43.0. The molecule has 1 aliphatic carbocycles. The van der Waals surface area contributed by atoms with Gasteiger partial charge in [-0.15, -0.1) is 0 Å². The monoisotopic (exact) mass is 556 g/mol. The van der Waals surface area contributed by atoms with Gasteiger partial charge < -0.3 is 4.74 Å². The standard InChI is InChI=1S/C30H34Cl2N2O4/c1-29(2,3)17-9-15-22(16-10-17)34-26(35)23-24(27(34)36)30(33-25(23)28(37)38-4,18-5-11-20(31)12-6-18)19-7-13-21(32)14-8-19/h5-8,11-14,17,22-25,33H,9-10,15-16H2,1-4H3/t17?,22?,23-,24-,25+/m0/s1. The second-order valence-corrected chi connectivity index (χ2v) is 12.8. The molecule has 2 heterocycles. The van der Waals surface area contributed by atoms with Crippen molar-refractivity contribution in [3.8, 4) is 0 Å². The highest BCUT2D eigenvalue weighted by atomic mass is 35.5. The number of nitrogens with one attached hydrogen (secondary N) is 1. The first-order valence-electron chi connectivity index (χ1n) is 13.2. The first-order chi connectivity index (χ1) is 18.0. The summed E-state index contributed by atoms with van der Waals surface area (Å²) in [7, 11) is 1.30. The van der Waals surface area contributed by atoms with Crippen molar-refractivity contribution in [2.45, 2.75) is 64.1 Å². The molecule has 3 fully saturated rings. The van der Waals surface area contributed by atoms with E-state index in [0.717, 1.165) is 36.8 Å². The minimum absolute atomic E-state index is 0.175. The van der Waals surface area contributed by atoms with Gasteiger partial charge in [-0.25, -0.2) is 0 Å². The number of hydrogen-bond acceptors (Lipinski definition) is 5. The lowest BCUT2D eigenvalue weighted by molar-refractivity contribution is -0.150. The average Bonchev–Trinajstić information content (AvgIpc) is 3.38. The van der Waals surface area contributed by atoms with E-state index in [0.29, 0.717) is 16.0 Å². The zero-order valence-corrected chi connectivity index (χ0v) is 23.7. The molecule has 0 aromatic heterocycles. The predicted octanol–water partition coefficient (Wildman–Crippen LogP) is 5.59. The van der Waals surface area contributed by atoms with E-state index in [4.69, 9.17) is 27.9 Å². The third kappa shape index (κ3) is 4.35. The molecule has 1 saturated carbocycles. The zero-order chi connectivity index (χ0) is 27.4. The Morgan fingerprint density at radius 1 is 0.895 bits per heavy atom. The van der Waals surface area contributed by atoms with Gasteiger partial charge in [0.05, 0.1) is 24.5 Å². The Hall–Kier alpha value is -2.41. The topological polar surface area (TPSA) is 75.7 Å². The van der Waals surface area contributed by atoms with Gasteiger partial charge in [0.2, 0.25) is 11.8 Å². The van der Waals surface area contributed by atoms with E-state index in [-0.39, 0.29) is 23.3 Å². The Balaban J connectivity index is 1.62. The van der Waals surface area contributed by atoms with Gasteiger partial charge >= 0.3 is 5.97 Å². The first-order valence-corrected chi connectivity index (χ1v) is 14.0. The number of ether oxygens (including phenoxy) is 1. The Morgan fingerprint density at radius 2 is 1.39 bits per heavy atom. The van der Waals surface area contributed by atoms with Crippen LogP contribution in [0.3, 0.4) is 0 Å². The number of methoxy groups -OCH3 is 1. The molecule has 2 aromatic rings. The number of likely N-dealkylation sites (tertiary alicyclic amines) is 1. The maximum atomic E-state index is 14.4. The van der Waals surface area contributed by atoms with Gasteiger partial charge in [0.1, 0.15) is 6.04 Å². The minimum Gasteiger partial charge on any atom is -0.468 e. The largest absolute Gasteiger partial charge is 0.468 e. The summed E-state index contributed by atoms with van der Waals surface area (Å²) in [5.74, 6) is -2.29. The summed E-state index contributed by atoms with van der Waals surface area (Å²) < 4.78 is 5.14. The van der Waals surface area contributed by atoms with Gasteiger partial charge in [-0.05, 0) is 72.4 Å². The van der Waals surface area contributed by atoms with E-state index in [1.54, 1.807) is 24.3 Å². The Kier molecular flexibility index (Phi) is 7.12. The molecule has 2 aliphatic heterocycles. The number of fused-ring (bicyclic) bond motifs is 1. The van der Waals surface area contributed by atoms with Crippen LogP contribution in [0.1, 0.15) is 57.6 Å². The van der Waals surface area contributed by atoms with E-state index in [9.17, 15) is 14.4 Å². The second kappa shape index (κ2) is 9.96. The van der Waals surface area contributed by atoms with Crippen LogP contribution in [0.4, 0.5) is 0 Å². The van der Waals surface area contributed by atoms with Crippen molar-refractivity contribution < 1.29 is 19.1 Å². The van der Waals surface area contributed by atoms with Gasteiger partial charge in [0, 0.05) is 16.1 Å². The van der Waals surface area contributed by atoms with Crippen LogP contribution in [0.2, 0.25) is 10.0 Å². The number of carbonyl (C=O) groups is 3. The molecule has 0 bridgehead atoms. The van der Waals surface area contributed by atoms with Crippen molar-refractivity contribution in [1.29, 1.82) is 0 Å². The van der Waals surface area contributed by atoms with E-state index in [1.165, 1.54) is 12.0 Å². The van der Waals surface area contributed by atoms with Crippen molar-refractivity contribution in [3.63, 3.8) is 0 Å². The number of nitrogens with zero attached hydrogens (tertiary/aromatic N) is 1. The van der Waals surface area contributed by atoms with Crippen molar-refractivity contribution in [2.75, 3.05) is 7.11 Å². The molecule has 0 spiro atoms. The Bertz CT molecular complexity index is 1180. The second-order valence-electron chi connectivity index (χ2n) is 11.9. The smallest absolute Gasteiger partial charge is 0.323 e. The summed E-state index contributed by atoms with van der Waals surface area (Å²) in [6.07, 6.45) is 3.45. The van der Waals surface area contributed by atoms with Crippen LogP contribution in [0, 0.1) is 23.2 Å². The number of benzene rings is 2. The maximum Gasteiger partial charge on any atom is 0.323 e. The molecular weight excluding hydrogens is 523 g/mol. The fourth-order valence-electron chi connectivity index (χ4n) is 6.94. The molecule has 3 aliphatic rings. The molecule has 38 heavy (non-hydrogen) atoms. The lowest BCUT2D eigenvalue weighted by Gasteiger charge is -2.41. The van der Waals surface area contributed by atoms with Crippen LogP contribution >= 0.6 is 23.2 Å². The lowest BCUT2D eigenvalue weighted by Crippen LogP contribution is -2.53. The van der Waals surface area contributed by atoms with Crippen LogP contribution < -0.4 is 5.32 Å². The third-order valence-electron chi connectivity index (χ3n) is 8.93. The van der Waals surface area contributed by atoms with E-state index in [1.807, 2.05) is 24.3 Å². The molecule has 0 unspecified atom stereocenters. The summed E-state index contributed by atoms with van der Waals surface area (Å²) in [5.41, 5.74) is 0.511. The van der Waals surface area contributed by atoms with Crippen molar-refractivity contribution in [3.05, 3.63) is 69.7 Å². The highest BCUT2D eigenvalue weighted by Crippen LogP contribution is 2.53. The molecule has 6 nitrogen and oxygen atoms in total. The van der Waals surface area contributed by atoms with Crippen molar-refractivity contribution in [1.82, 2.24) is 10.2 Å². The normalized spacial score (nSPS) is 28.9. The first kappa shape index (κ1) is 27.2. The van der Waals surface area contributed by atoms with E-state index >= 15 is 0 Å². The number of halogens is 2. The van der Waals surface area contributed by atoms with Crippen LogP contribution in [0.15, 0.2) is 48.5 Å². The zero-order valence-electron chi connectivity index (χ0n) is 22.2. The molecule has 8 heteroatoms. The highest BCUT2D eigenvalue weighted by Gasteiger charge is 2.68. The number of amides is 2. The maximum absolute atomic E-state index is 14.4. The van der Waals surface area contributed by atoms with Gasteiger partial charge in [-0.1, -0.05) is 68.2 Å². The van der Waals surface area contributed by atoms with Crippen molar-refractivity contribution >= 4 is 41.0 Å². The Morgan fingerprint density at radius 3 is 1.84 bits per heavy atom. The summed E-state index contributed by atoms with van der Waals surface area (Å²) >= 11 is 12.4. The van der Waals surface area contributed by atoms with E-state index < -0.39 is 29.4 Å². The molecule has 3 atom stereocenters. The number of rotatable bonds is 4. The minimum atomic E-state index is -1.15. The number of hydrogen-bond donors (Lipinski definition) is 1. The number of esters is 1. The lowest BCUT2D eigenvalue weighted by atomic mass is 9.71. The molecule has 0 radical (unpaired) electrons. The van der Waals surface area contributed by atoms with E-state index in [2.05, 4.69) is 26.1 Å². The summed E-state index contributed by atoms with van der Waals surface area (Å²) in [6, 6.07) is 13.2. The number of imide groups is 1. The molecule has 1 N–H and O–H groups in total. The highest BCUT2D eigenvalue weighted by molar-refractivity contribution is 6.30. The van der Waals surface area contributed by atoms with Crippen LogP contribution in [-0.2, 0) is 24.7 Å². The fraction of sp³-hybridized carbons (Fsp3) is 0.500. The predicted molar refractivity (Wildman–Crippen MR) is 147 cm³/mol. The quantitative estimate of drug-likeness (QED) is 0.392. The Labute approximate surface area is 234 Å². The molecule has 5 rings (SSSR count). The van der Waals surface area contributed by atoms with Crippen LogP contribution in [-0.4, -0.2) is 41.9 Å². The van der Waals surface area contributed by atoms with Crippen LogP contribution in [0.5, 0.6) is 0 Å². The van der Waals surface area contributed by atoms with Gasteiger partial charge in [0.25, 0.3) is 0 Å². The van der Waals surface area contributed by atoms with Crippen molar-refractivity contribution in [2.24, 2.45) is 23.2 Å². The van der Waals surface area contributed by atoms with Gasteiger partial charge in [0.15, 0.2) is 0 Å². The molecule has 202 valence electrons. The molecule has 2 aromatic carbocycles. The van der Waals surface area contributed by atoms with Gasteiger partial charge in [-0.2, -0.15) is 0 Å². The summed E-state index contributed by atoms with van der Waals surface area (Å²) in [6.45, 7) is 6.73. The number of carbonyl (C=O) groups excluding carboxylic acids is 3. The average molecular weight is 558 g/mol. The molecule has 2 saturated heterocycles. The van der Waals surface area contributed by atoms with Crippen LogP contribution in [0.25, 0.3) is 0 Å². The fourth-order valence-corrected chi connectivity index (χ4v) is 7.19. The summed E-state index contributed by atoms with van der Waals surface area (Å²) in [5, 5.41) is 4.50. The van der Waals surface area contributed by atoms with Gasteiger partial charge in [-0.3, -0.25) is 24.6 Å².